The van der Waals surface area contributed by atoms with Crippen molar-refractivity contribution in [1.82, 2.24) is 0 Å². The summed E-state index contributed by atoms with van der Waals surface area (Å²) < 4.78 is 0. The summed E-state index contributed by atoms with van der Waals surface area (Å²) in [6.07, 6.45) is 0. The summed E-state index contributed by atoms with van der Waals surface area (Å²) in [5, 5.41) is 27.1. The van der Waals surface area contributed by atoms with Crippen LogP contribution in [0.3, 0.4) is 0 Å². The van der Waals surface area contributed by atoms with Gasteiger partial charge in [-0.2, -0.15) is 5.26 Å². The van der Waals surface area contributed by atoms with Crippen molar-refractivity contribution in [2.75, 3.05) is 0 Å². The molecule has 2 N–H and O–H groups in total. The Morgan fingerprint density at radius 1 is 1.57 bits per heavy atom. The van der Waals surface area contributed by atoms with Gasteiger partial charge in [-0.3, -0.25) is 0 Å². The number of hydrogen-bond donors (Lipinski definition) is 2. The van der Waals surface area contributed by atoms with Crippen LogP contribution in [0.2, 0.25) is 0 Å². The standard InChI is InChI=1S/C9H6BrNO3/c10-3-6-7(4-11)5(9(13)14)1-2-8(6)12/h1-2,12H,3H2,(H,13,14). The topological polar surface area (TPSA) is 81.3 Å². The number of alkyl halides is 1. The predicted octanol–water partition coefficient (Wildman–Crippen LogP) is 1.86. The number of nitriles is 1. The maximum Gasteiger partial charge on any atom is 0.337 e. The maximum atomic E-state index is 10.7. The van der Waals surface area contributed by atoms with Crippen molar-refractivity contribution < 1.29 is 15.0 Å². The fourth-order valence-corrected chi connectivity index (χ4v) is 1.65. The summed E-state index contributed by atoms with van der Waals surface area (Å²) in [7, 11) is 0. The predicted molar refractivity (Wildman–Crippen MR) is 52.4 cm³/mol. The van der Waals surface area contributed by atoms with Crippen LogP contribution in [0.4, 0.5) is 0 Å². The molecule has 0 amide bonds. The molecule has 0 saturated carbocycles. The largest absolute Gasteiger partial charge is 0.508 e. The Hall–Kier alpha value is -1.54. The number of phenols is 1. The highest BCUT2D eigenvalue weighted by molar-refractivity contribution is 9.08. The highest BCUT2D eigenvalue weighted by atomic mass is 79.9. The number of halogens is 1. The van der Waals surface area contributed by atoms with E-state index < -0.39 is 5.97 Å². The molecule has 0 radical (unpaired) electrons. The van der Waals surface area contributed by atoms with E-state index in [0.717, 1.165) is 0 Å². The number of rotatable bonds is 2. The zero-order chi connectivity index (χ0) is 10.7. The van der Waals surface area contributed by atoms with Crippen LogP contribution in [0.1, 0.15) is 21.5 Å². The van der Waals surface area contributed by atoms with Crippen LogP contribution in [-0.2, 0) is 5.33 Å². The molecule has 0 aliphatic heterocycles. The average Bonchev–Trinajstić information content (AvgIpc) is 2.16. The Balaban J connectivity index is 3.50. The Bertz CT molecular complexity index is 423. The van der Waals surface area contributed by atoms with Crippen LogP contribution in [-0.4, -0.2) is 16.2 Å². The van der Waals surface area contributed by atoms with E-state index in [4.69, 9.17) is 10.4 Å². The summed E-state index contributed by atoms with van der Waals surface area (Å²) in [4.78, 5) is 10.7. The smallest absolute Gasteiger partial charge is 0.337 e. The molecule has 0 spiro atoms. The second-order valence-electron chi connectivity index (χ2n) is 2.54. The molecule has 0 fully saturated rings. The van der Waals surface area contributed by atoms with E-state index in [1.165, 1.54) is 12.1 Å². The van der Waals surface area contributed by atoms with Gasteiger partial charge < -0.3 is 10.2 Å². The second-order valence-corrected chi connectivity index (χ2v) is 3.10. The van der Waals surface area contributed by atoms with E-state index in [9.17, 15) is 9.90 Å². The van der Waals surface area contributed by atoms with Gasteiger partial charge in [0.05, 0.1) is 11.1 Å². The first-order valence-corrected chi connectivity index (χ1v) is 4.78. The van der Waals surface area contributed by atoms with Crippen LogP contribution in [0.15, 0.2) is 12.1 Å². The molecule has 1 aromatic rings. The van der Waals surface area contributed by atoms with Crippen molar-refractivity contribution >= 4 is 21.9 Å². The van der Waals surface area contributed by atoms with Gasteiger partial charge in [-0.1, -0.05) is 15.9 Å². The van der Waals surface area contributed by atoms with Gasteiger partial charge in [0.15, 0.2) is 0 Å². The van der Waals surface area contributed by atoms with E-state index in [-0.39, 0.29) is 22.2 Å². The van der Waals surface area contributed by atoms with Crippen LogP contribution in [0.5, 0.6) is 5.75 Å². The minimum absolute atomic E-state index is 0.00521. The minimum Gasteiger partial charge on any atom is -0.508 e. The van der Waals surface area contributed by atoms with Gasteiger partial charge >= 0.3 is 5.97 Å². The number of phenolic OH excluding ortho intramolecular Hbond substituents is 1. The summed E-state index contributed by atoms with van der Waals surface area (Å²) in [6.45, 7) is 0. The molecular formula is C9H6BrNO3. The first-order chi connectivity index (χ1) is 6.61. The number of aromatic carboxylic acids is 1. The molecule has 72 valence electrons. The third-order valence-electron chi connectivity index (χ3n) is 1.76. The van der Waals surface area contributed by atoms with Gasteiger partial charge in [-0.05, 0) is 12.1 Å². The van der Waals surface area contributed by atoms with Gasteiger partial charge in [0, 0.05) is 10.9 Å². The van der Waals surface area contributed by atoms with Gasteiger partial charge in [0.25, 0.3) is 0 Å². The molecule has 0 aromatic heterocycles. The molecule has 1 aromatic carbocycles. The Kier molecular flexibility index (Phi) is 3.10. The van der Waals surface area contributed by atoms with E-state index in [1.807, 2.05) is 0 Å². The number of carboxylic acid groups (broad SMARTS) is 1. The second kappa shape index (κ2) is 4.11. The maximum absolute atomic E-state index is 10.7. The summed E-state index contributed by atoms with van der Waals surface area (Å²) in [5.74, 6) is -1.26. The van der Waals surface area contributed by atoms with Gasteiger partial charge in [0.2, 0.25) is 0 Å². The third-order valence-corrected chi connectivity index (χ3v) is 2.32. The Morgan fingerprint density at radius 2 is 2.21 bits per heavy atom. The minimum atomic E-state index is -1.18. The number of hydrogen-bond acceptors (Lipinski definition) is 3. The third kappa shape index (κ3) is 1.70. The molecule has 14 heavy (non-hydrogen) atoms. The van der Waals surface area contributed by atoms with Crippen LogP contribution < -0.4 is 0 Å². The molecule has 5 heteroatoms. The monoisotopic (exact) mass is 255 g/mol. The molecule has 0 aliphatic rings. The SMILES string of the molecule is N#Cc1c(C(=O)O)ccc(O)c1CBr. The normalized spacial score (nSPS) is 9.43. The van der Waals surface area contributed by atoms with Crippen molar-refractivity contribution in [3.8, 4) is 11.8 Å². The molecule has 0 heterocycles. The van der Waals surface area contributed by atoms with Crippen molar-refractivity contribution in [1.29, 1.82) is 5.26 Å². The zero-order valence-corrected chi connectivity index (χ0v) is 8.58. The van der Waals surface area contributed by atoms with Gasteiger partial charge in [-0.25, -0.2) is 4.79 Å². The highest BCUT2D eigenvalue weighted by Crippen LogP contribution is 2.26. The number of aromatic hydroxyl groups is 1. The molecule has 0 saturated heterocycles. The molecule has 4 nitrogen and oxygen atoms in total. The zero-order valence-electron chi connectivity index (χ0n) is 6.99. The van der Waals surface area contributed by atoms with Crippen molar-refractivity contribution in [3.05, 3.63) is 28.8 Å². The summed E-state index contributed by atoms with van der Waals surface area (Å²) in [5.41, 5.74) is 0.196. The number of carbonyl (C=O) groups is 1. The Morgan fingerprint density at radius 3 is 2.64 bits per heavy atom. The number of carboxylic acids is 1. The number of nitrogens with zero attached hydrogens (tertiary/aromatic N) is 1. The van der Waals surface area contributed by atoms with E-state index in [0.29, 0.717) is 5.56 Å². The lowest BCUT2D eigenvalue weighted by Crippen LogP contribution is -2.02. The highest BCUT2D eigenvalue weighted by Gasteiger charge is 2.16. The lowest BCUT2D eigenvalue weighted by atomic mass is 10.0. The van der Waals surface area contributed by atoms with E-state index in [1.54, 1.807) is 6.07 Å². The molecule has 1 rings (SSSR count). The molecule has 0 atom stereocenters. The molecule has 0 aliphatic carbocycles. The molecular weight excluding hydrogens is 250 g/mol. The molecule has 0 unspecified atom stereocenters. The number of benzene rings is 1. The fourth-order valence-electron chi connectivity index (χ4n) is 1.08. The first-order valence-electron chi connectivity index (χ1n) is 3.66. The molecule has 0 bridgehead atoms. The van der Waals surface area contributed by atoms with Crippen molar-refractivity contribution in [3.63, 3.8) is 0 Å². The average molecular weight is 256 g/mol. The van der Waals surface area contributed by atoms with Crippen LogP contribution in [0, 0.1) is 11.3 Å². The van der Waals surface area contributed by atoms with Gasteiger partial charge in [0.1, 0.15) is 11.8 Å². The van der Waals surface area contributed by atoms with Crippen molar-refractivity contribution in [2.24, 2.45) is 0 Å². The lowest BCUT2D eigenvalue weighted by Gasteiger charge is -2.05. The quantitative estimate of drug-likeness (QED) is 0.791. The fraction of sp³-hybridized carbons (Fsp3) is 0.111. The summed E-state index contributed by atoms with van der Waals surface area (Å²) in [6, 6.07) is 4.24. The van der Waals surface area contributed by atoms with Crippen LogP contribution >= 0.6 is 15.9 Å². The van der Waals surface area contributed by atoms with Gasteiger partial charge in [-0.15, -0.1) is 0 Å². The van der Waals surface area contributed by atoms with E-state index in [2.05, 4.69) is 15.9 Å². The lowest BCUT2D eigenvalue weighted by molar-refractivity contribution is 0.0696. The summed E-state index contributed by atoms with van der Waals surface area (Å²) >= 11 is 3.08. The first kappa shape index (κ1) is 10.5. The van der Waals surface area contributed by atoms with Crippen LogP contribution in [0.25, 0.3) is 0 Å². The Labute approximate surface area is 88.5 Å². The van der Waals surface area contributed by atoms with E-state index >= 15 is 0 Å². The van der Waals surface area contributed by atoms with Crippen molar-refractivity contribution in [2.45, 2.75) is 5.33 Å².